The molecule has 1 aliphatic rings. The summed E-state index contributed by atoms with van der Waals surface area (Å²) in [7, 11) is 0. The molecule has 0 saturated heterocycles. The molecule has 0 aliphatic heterocycles. The first-order valence-corrected chi connectivity index (χ1v) is 8.44. The van der Waals surface area contributed by atoms with Crippen LogP contribution in [0.1, 0.15) is 63.1 Å². The number of hydrogen-bond donors (Lipinski definition) is 1. The Kier molecular flexibility index (Phi) is 6.52. The summed E-state index contributed by atoms with van der Waals surface area (Å²) in [5.74, 6) is 0.840. The molecule has 2 nitrogen and oxygen atoms in total. The number of aromatic nitrogens is 1. The number of nitrogens with zero attached hydrogens (tertiary/aromatic N) is 1. The van der Waals surface area contributed by atoms with Crippen LogP contribution in [0.5, 0.6) is 0 Å². The van der Waals surface area contributed by atoms with Gasteiger partial charge in [-0.15, -0.1) is 0 Å². The highest BCUT2D eigenvalue weighted by Gasteiger charge is 2.22. The third-order valence-electron chi connectivity index (χ3n) is 4.53. The molecule has 1 heterocycles. The highest BCUT2D eigenvalue weighted by molar-refractivity contribution is 5.13. The Morgan fingerprint density at radius 2 is 1.95 bits per heavy atom. The van der Waals surface area contributed by atoms with Crippen molar-refractivity contribution in [1.82, 2.24) is 10.3 Å². The summed E-state index contributed by atoms with van der Waals surface area (Å²) in [4.78, 5) is 4.60. The molecule has 1 unspecified atom stereocenters. The lowest BCUT2D eigenvalue weighted by molar-refractivity contribution is 0.316. The van der Waals surface area contributed by atoms with Crippen molar-refractivity contribution in [3.63, 3.8) is 0 Å². The van der Waals surface area contributed by atoms with Gasteiger partial charge in [-0.2, -0.15) is 0 Å². The summed E-state index contributed by atoms with van der Waals surface area (Å²) in [6.45, 7) is 5.49. The van der Waals surface area contributed by atoms with Crippen molar-refractivity contribution in [3.8, 4) is 0 Å². The van der Waals surface area contributed by atoms with E-state index in [4.69, 9.17) is 0 Å². The van der Waals surface area contributed by atoms with Crippen LogP contribution in [0.2, 0.25) is 0 Å². The molecule has 1 aromatic rings. The summed E-state index contributed by atoms with van der Waals surface area (Å²) < 4.78 is 0. The number of aryl methyl sites for hydroxylation is 1. The molecule has 2 heteroatoms. The first-order valence-electron chi connectivity index (χ1n) is 8.44. The normalized spacial score (nSPS) is 18.7. The molecule has 20 heavy (non-hydrogen) atoms. The van der Waals surface area contributed by atoms with Gasteiger partial charge in [-0.25, -0.2) is 0 Å². The summed E-state index contributed by atoms with van der Waals surface area (Å²) in [6, 6.07) is 5.00. The average molecular weight is 274 g/mol. The van der Waals surface area contributed by atoms with E-state index in [1.54, 1.807) is 0 Å². The summed E-state index contributed by atoms with van der Waals surface area (Å²) >= 11 is 0. The van der Waals surface area contributed by atoms with Crippen molar-refractivity contribution < 1.29 is 0 Å². The lowest BCUT2D eigenvalue weighted by Gasteiger charge is -2.27. The zero-order valence-corrected chi connectivity index (χ0v) is 13.2. The Morgan fingerprint density at radius 1 is 1.20 bits per heavy atom. The van der Waals surface area contributed by atoms with Crippen LogP contribution in [0.3, 0.4) is 0 Å². The summed E-state index contributed by atoms with van der Waals surface area (Å²) in [5.41, 5.74) is 2.50. The van der Waals surface area contributed by atoms with Crippen LogP contribution < -0.4 is 5.32 Å². The minimum absolute atomic E-state index is 0.614. The molecule has 1 aliphatic carbocycles. The van der Waals surface area contributed by atoms with E-state index in [-0.39, 0.29) is 0 Å². The topological polar surface area (TPSA) is 24.9 Å². The van der Waals surface area contributed by atoms with Crippen molar-refractivity contribution in [2.24, 2.45) is 5.92 Å². The van der Waals surface area contributed by atoms with Crippen molar-refractivity contribution >= 4 is 0 Å². The van der Waals surface area contributed by atoms with Gasteiger partial charge >= 0.3 is 0 Å². The van der Waals surface area contributed by atoms with E-state index in [1.165, 1.54) is 56.2 Å². The third kappa shape index (κ3) is 4.90. The van der Waals surface area contributed by atoms with Crippen molar-refractivity contribution in [3.05, 3.63) is 29.6 Å². The lowest BCUT2D eigenvalue weighted by atomic mass is 9.88. The van der Waals surface area contributed by atoms with Crippen LogP contribution in [0, 0.1) is 12.8 Å². The van der Waals surface area contributed by atoms with Crippen LogP contribution in [0.25, 0.3) is 0 Å². The molecule has 1 N–H and O–H groups in total. The van der Waals surface area contributed by atoms with E-state index in [9.17, 15) is 0 Å². The largest absolute Gasteiger partial charge is 0.313 e. The monoisotopic (exact) mass is 274 g/mol. The van der Waals surface area contributed by atoms with Crippen LogP contribution in [0.15, 0.2) is 18.3 Å². The molecule has 1 saturated carbocycles. The van der Waals surface area contributed by atoms with E-state index in [1.807, 2.05) is 6.20 Å². The predicted octanol–water partition coefficient (Wildman–Crippen LogP) is 4.27. The molecule has 1 fully saturated rings. The first kappa shape index (κ1) is 15.5. The molecule has 0 amide bonds. The van der Waals surface area contributed by atoms with Gasteiger partial charge in [-0.3, -0.25) is 4.98 Å². The van der Waals surface area contributed by atoms with Gasteiger partial charge in [0.1, 0.15) is 0 Å². The quantitative estimate of drug-likeness (QED) is 0.784. The zero-order chi connectivity index (χ0) is 14.2. The highest BCUT2D eigenvalue weighted by Crippen LogP contribution is 2.27. The Labute approximate surface area is 124 Å². The van der Waals surface area contributed by atoms with E-state index in [0.29, 0.717) is 6.04 Å². The van der Waals surface area contributed by atoms with E-state index >= 15 is 0 Å². The second kappa shape index (κ2) is 8.41. The fraction of sp³-hybridized carbons (Fsp3) is 0.722. The summed E-state index contributed by atoms with van der Waals surface area (Å²) in [5, 5.41) is 3.79. The maximum Gasteiger partial charge on any atom is 0.0419 e. The molecular formula is C18H30N2. The fourth-order valence-electron chi connectivity index (χ4n) is 3.29. The molecule has 0 radical (unpaired) electrons. The fourth-order valence-corrected chi connectivity index (χ4v) is 3.29. The van der Waals surface area contributed by atoms with Crippen molar-refractivity contribution in [2.45, 2.75) is 71.3 Å². The van der Waals surface area contributed by atoms with Gasteiger partial charge in [0, 0.05) is 24.4 Å². The maximum atomic E-state index is 4.60. The van der Waals surface area contributed by atoms with Gasteiger partial charge in [-0.05, 0) is 50.3 Å². The van der Waals surface area contributed by atoms with Gasteiger partial charge < -0.3 is 5.32 Å². The Bertz CT molecular complexity index is 364. The Balaban J connectivity index is 1.99. The molecule has 0 spiro atoms. The van der Waals surface area contributed by atoms with Gasteiger partial charge in [0.2, 0.25) is 0 Å². The standard InChI is InChI=1S/C18H30N2/c1-3-12-19-18(16-8-6-4-5-7-9-16)13-17-11-10-15(2)14-20-17/h10-11,14,16,18-19H,3-9,12-13H2,1-2H3. The van der Waals surface area contributed by atoms with Gasteiger partial charge in [0.25, 0.3) is 0 Å². The number of hydrogen-bond acceptors (Lipinski definition) is 2. The average Bonchev–Trinajstić information content (AvgIpc) is 2.74. The maximum absolute atomic E-state index is 4.60. The molecular weight excluding hydrogens is 244 g/mol. The van der Waals surface area contributed by atoms with Crippen LogP contribution in [0.4, 0.5) is 0 Å². The number of pyridine rings is 1. The molecule has 1 aromatic heterocycles. The predicted molar refractivity (Wildman–Crippen MR) is 86.0 cm³/mol. The minimum atomic E-state index is 0.614. The molecule has 0 bridgehead atoms. The van der Waals surface area contributed by atoms with Crippen molar-refractivity contribution in [1.29, 1.82) is 0 Å². The van der Waals surface area contributed by atoms with Gasteiger partial charge in [-0.1, -0.05) is 38.7 Å². The Hall–Kier alpha value is -0.890. The second-order valence-corrected chi connectivity index (χ2v) is 6.34. The molecule has 112 valence electrons. The molecule has 0 aromatic carbocycles. The summed E-state index contributed by atoms with van der Waals surface area (Å²) in [6.07, 6.45) is 12.8. The van der Waals surface area contributed by atoms with E-state index < -0.39 is 0 Å². The molecule has 2 rings (SSSR count). The number of rotatable bonds is 6. The SMILES string of the molecule is CCCNC(Cc1ccc(C)cn1)C1CCCCCC1. The van der Waals surface area contributed by atoms with E-state index in [2.05, 4.69) is 36.3 Å². The second-order valence-electron chi connectivity index (χ2n) is 6.34. The smallest absolute Gasteiger partial charge is 0.0419 e. The first-order chi connectivity index (χ1) is 9.79. The van der Waals surface area contributed by atoms with Gasteiger partial charge in [0.05, 0.1) is 0 Å². The van der Waals surface area contributed by atoms with Crippen molar-refractivity contribution in [2.75, 3.05) is 6.54 Å². The minimum Gasteiger partial charge on any atom is -0.313 e. The van der Waals surface area contributed by atoms with Crippen LogP contribution in [-0.2, 0) is 6.42 Å². The number of nitrogens with one attached hydrogen (secondary N) is 1. The zero-order valence-electron chi connectivity index (χ0n) is 13.2. The highest BCUT2D eigenvalue weighted by atomic mass is 14.9. The molecule has 1 atom stereocenters. The van der Waals surface area contributed by atoms with Crippen LogP contribution >= 0.6 is 0 Å². The lowest BCUT2D eigenvalue weighted by Crippen LogP contribution is -2.38. The van der Waals surface area contributed by atoms with E-state index in [0.717, 1.165) is 18.9 Å². The Morgan fingerprint density at radius 3 is 2.55 bits per heavy atom. The third-order valence-corrected chi connectivity index (χ3v) is 4.53. The van der Waals surface area contributed by atoms with Crippen LogP contribution in [-0.4, -0.2) is 17.6 Å². The van der Waals surface area contributed by atoms with Gasteiger partial charge in [0.15, 0.2) is 0 Å².